The van der Waals surface area contributed by atoms with Gasteiger partial charge in [0.1, 0.15) is 5.82 Å². The molecule has 0 atom stereocenters. The summed E-state index contributed by atoms with van der Waals surface area (Å²) in [5, 5.41) is 0. The van der Waals surface area contributed by atoms with Crippen molar-refractivity contribution in [2.24, 2.45) is 0 Å². The van der Waals surface area contributed by atoms with Crippen LogP contribution in [-0.4, -0.2) is 25.4 Å². The molecule has 5 nitrogen and oxygen atoms in total. The van der Waals surface area contributed by atoms with Gasteiger partial charge in [0.25, 0.3) is 12.2 Å². The van der Waals surface area contributed by atoms with Crippen LogP contribution in [0.25, 0.3) is 33.0 Å². The predicted octanol–water partition coefficient (Wildman–Crippen LogP) is 4.82. The van der Waals surface area contributed by atoms with Crippen molar-refractivity contribution in [3.8, 4) is 22.5 Å². The zero-order valence-electron chi connectivity index (χ0n) is 13.9. The van der Waals surface area contributed by atoms with Crippen molar-refractivity contribution in [1.29, 1.82) is 0 Å². The first kappa shape index (κ1) is 16.8. The molecule has 0 fully saturated rings. The van der Waals surface area contributed by atoms with E-state index in [1.807, 2.05) is 0 Å². The summed E-state index contributed by atoms with van der Waals surface area (Å²) in [4.78, 5) is 11.8. The molecule has 0 aliphatic heterocycles. The largest absolute Gasteiger partial charge is 0.362 e. The Morgan fingerprint density at radius 2 is 1.78 bits per heavy atom. The van der Waals surface area contributed by atoms with Crippen molar-refractivity contribution in [2.75, 3.05) is 0 Å². The molecule has 1 aromatic carbocycles. The average Bonchev–Trinajstić information content (AvgIpc) is 3.25. The second kappa shape index (κ2) is 6.61. The minimum absolute atomic E-state index is 0.315. The van der Waals surface area contributed by atoms with Crippen LogP contribution in [0, 0.1) is 12.4 Å². The molecule has 3 aromatic heterocycles. The Morgan fingerprint density at radius 1 is 1.04 bits per heavy atom. The number of hydrogen-bond acceptors (Lipinski definition) is 2. The SMILES string of the molecule is [C-]#[N+]c1cnc2ccc(-c3c(-c4ccc(F)cc4)ncn3CC(F)F)cn12. The summed E-state index contributed by atoms with van der Waals surface area (Å²) in [5.74, 6) is -0.0797. The smallest absolute Gasteiger partial charge is 0.256 e. The number of benzene rings is 1. The molecular weight excluding hydrogens is 355 g/mol. The third-order valence-electron chi connectivity index (χ3n) is 4.16. The lowest BCUT2D eigenvalue weighted by atomic mass is 10.1. The average molecular weight is 367 g/mol. The quantitative estimate of drug-likeness (QED) is 0.485. The molecule has 3 heterocycles. The molecule has 0 aliphatic rings. The molecule has 0 saturated carbocycles. The van der Waals surface area contributed by atoms with E-state index in [0.29, 0.717) is 34.0 Å². The summed E-state index contributed by atoms with van der Waals surface area (Å²) in [5.41, 5.74) is 2.71. The van der Waals surface area contributed by atoms with Gasteiger partial charge < -0.3 is 9.41 Å². The van der Waals surface area contributed by atoms with Gasteiger partial charge in [-0.2, -0.15) is 0 Å². The lowest BCUT2D eigenvalue weighted by Gasteiger charge is -2.10. The molecule has 0 saturated heterocycles. The minimum Gasteiger partial charge on any atom is -0.362 e. The van der Waals surface area contributed by atoms with Gasteiger partial charge in [-0.25, -0.2) is 27.5 Å². The molecule has 0 unspecified atom stereocenters. The Kier molecular flexibility index (Phi) is 4.12. The predicted molar refractivity (Wildman–Crippen MR) is 94.1 cm³/mol. The maximum absolute atomic E-state index is 13.3. The molecule has 0 spiro atoms. The zero-order chi connectivity index (χ0) is 19.0. The van der Waals surface area contributed by atoms with Crippen molar-refractivity contribution in [2.45, 2.75) is 13.0 Å². The second-order valence-corrected chi connectivity index (χ2v) is 5.87. The van der Waals surface area contributed by atoms with E-state index in [1.54, 1.807) is 34.9 Å². The van der Waals surface area contributed by atoms with Gasteiger partial charge in [-0.3, -0.25) is 0 Å². The number of fused-ring (bicyclic) bond motifs is 1. The highest BCUT2D eigenvalue weighted by molar-refractivity contribution is 5.79. The van der Waals surface area contributed by atoms with Gasteiger partial charge in [0.15, 0.2) is 0 Å². The molecular formula is C19H12F3N5. The molecule has 0 bridgehead atoms. The van der Waals surface area contributed by atoms with Gasteiger partial charge in [0.05, 0.1) is 36.7 Å². The zero-order valence-corrected chi connectivity index (χ0v) is 13.9. The van der Waals surface area contributed by atoms with E-state index in [0.717, 1.165) is 0 Å². The Balaban J connectivity index is 1.93. The van der Waals surface area contributed by atoms with Crippen LogP contribution in [-0.2, 0) is 6.54 Å². The highest BCUT2D eigenvalue weighted by Gasteiger charge is 2.19. The van der Waals surface area contributed by atoms with E-state index in [-0.39, 0.29) is 0 Å². The van der Waals surface area contributed by atoms with E-state index in [9.17, 15) is 13.2 Å². The molecule has 0 aliphatic carbocycles. The molecule has 4 aromatic rings. The Bertz CT molecular complexity index is 1150. The fourth-order valence-corrected chi connectivity index (χ4v) is 2.98. The van der Waals surface area contributed by atoms with Crippen LogP contribution >= 0.6 is 0 Å². The van der Waals surface area contributed by atoms with Crippen LogP contribution in [0.15, 0.2) is 55.1 Å². The number of rotatable bonds is 4. The first-order valence-electron chi connectivity index (χ1n) is 8.01. The third kappa shape index (κ3) is 3.04. The van der Waals surface area contributed by atoms with Crippen molar-refractivity contribution < 1.29 is 13.2 Å². The first-order chi connectivity index (χ1) is 13.1. The van der Waals surface area contributed by atoms with Crippen LogP contribution in [0.4, 0.5) is 19.0 Å². The van der Waals surface area contributed by atoms with E-state index in [2.05, 4.69) is 14.8 Å². The third-order valence-corrected chi connectivity index (χ3v) is 4.16. The van der Waals surface area contributed by atoms with Crippen molar-refractivity contribution in [3.05, 3.63) is 72.4 Å². The van der Waals surface area contributed by atoms with E-state index >= 15 is 0 Å². The number of nitrogens with zero attached hydrogens (tertiary/aromatic N) is 5. The molecule has 134 valence electrons. The van der Waals surface area contributed by atoms with Crippen LogP contribution in [0.5, 0.6) is 0 Å². The molecule has 27 heavy (non-hydrogen) atoms. The Morgan fingerprint density at radius 3 is 2.48 bits per heavy atom. The molecule has 0 amide bonds. The molecule has 0 N–H and O–H groups in total. The van der Waals surface area contributed by atoms with Crippen LogP contribution in [0.1, 0.15) is 0 Å². The lowest BCUT2D eigenvalue weighted by molar-refractivity contribution is 0.127. The van der Waals surface area contributed by atoms with Gasteiger partial charge in [0.2, 0.25) is 5.65 Å². The molecule has 4 rings (SSSR count). The summed E-state index contributed by atoms with van der Waals surface area (Å²) < 4.78 is 42.3. The topological polar surface area (TPSA) is 39.5 Å². The van der Waals surface area contributed by atoms with Crippen molar-refractivity contribution in [3.63, 3.8) is 0 Å². The summed E-state index contributed by atoms with van der Waals surface area (Å²) in [6, 6.07) is 9.13. The Labute approximate surface area is 152 Å². The highest BCUT2D eigenvalue weighted by Crippen LogP contribution is 2.32. The van der Waals surface area contributed by atoms with Crippen LogP contribution in [0.3, 0.4) is 0 Å². The number of pyridine rings is 1. The Hall–Kier alpha value is -3.60. The molecule has 0 radical (unpaired) electrons. The summed E-state index contributed by atoms with van der Waals surface area (Å²) in [7, 11) is 0. The summed E-state index contributed by atoms with van der Waals surface area (Å²) in [6.45, 7) is 6.70. The number of halogens is 3. The normalized spacial score (nSPS) is 11.2. The fraction of sp³-hybridized carbons (Fsp3) is 0.105. The van der Waals surface area contributed by atoms with Gasteiger partial charge in [-0.1, -0.05) is 6.57 Å². The minimum atomic E-state index is -2.56. The van der Waals surface area contributed by atoms with Crippen molar-refractivity contribution >= 4 is 11.5 Å². The maximum Gasteiger partial charge on any atom is 0.256 e. The second-order valence-electron chi connectivity index (χ2n) is 5.87. The van der Waals surface area contributed by atoms with E-state index in [4.69, 9.17) is 6.57 Å². The highest BCUT2D eigenvalue weighted by atomic mass is 19.3. The standard InChI is InChI=1S/C19H12F3N5/c1-23-17-8-24-16-7-4-13(9-27(16)17)19-18(12-2-5-14(20)6-3-12)25-11-26(19)10-15(21)22/h2-9,11,15H,10H2. The van der Waals surface area contributed by atoms with Gasteiger partial charge >= 0.3 is 0 Å². The monoisotopic (exact) mass is 367 g/mol. The number of aromatic nitrogens is 4. The van der Waals surface area contributed by atoms with Gasteiger partial charge in [0, 0.05) is 17.2 Å². The fourth-order valence-electron chi connectivity index (χ4n) is 2.98. The van der Waals surface area contributed by atoms with Crippen molar-refractivity contribution in [1.82, 2.24) is 18.9 Å². The number of hydrogen-bond donors (Lipinski definition) is 0. The van der Waals surface area contributed by atoms with E-state index < -0.39 is 18.8 Å². The van der Waals surface area contributed by atoms with Crippen LogP contribution < -0.4 is 0 Å². The first-order valence-corrected chi connectivity index (χ1v) is 8.01. The summed E-state index contributed by atoms with van der Waals surface area (Å²) >= 11 is 0. The molecule has 8 heteroatoms. The number of imidazole rings is 2. The van der Waals surface area contributed by atoms with Gasteiger partial charge in [-0.05, 0) is 30.3 Å². The number of alkyl halides is 2. The lowest BCUT2D eigenvalue weighted by Crippen LogP contribution is -2.07. The maximum atomic E-state index is 13.3. The van der Waals surface area contributed by atoms with Crippen LogP contribution in [0.2, 0.25) is 0 Å². The van der Waals surface area contributed by atoms with Gasteiger partial charge in [-0.15, -0.1) is 0 Å². The summed E-state index contributed by atoms with van der Waals surface area (Å²) in [6.07, 6.45) is 1.90. The van der Waals surface area contributed by atoms with E-state index in [1.165, 1.54) is 29.2 Å².